The van der Waals surface area contributed by atoms with E-state index in [1.807, 2.05) is 0 Å². The van der Waals surface area contributed by atoms with Gasteiger partial charge in [0.25, 0.3) is 26.1 Å². The quantitative estimate of drug-likeness (QED) is 0.137. The smallest absolute Gasteiger partial charge is 0.336 e. The Hall–Kier alpha value is -5.14. The zero-order valence-electron chi connectivity index (χ0n) is 30.0. The summed E-state index contributed by atoms with van der Waals surface area (Å²) < 4.78 is 98.5. The van der Waals surface area contributed by atoms with Crippen LogP contribution in [0.4, 0.5) is 5.69 Å². The molecule has 3 aliphatic heterocycles. The predicted molar refractivity (Wildman–Crippen MR) is 206 cm³/mol. The van der Waals surface area contributed by atoms with E-state index in [0.29, 0.717) is 22.2 Å². The van der Waals surface area contributed by atoms with Crippen LogP contribution in [0.2, 0.25) is 0 Å². The highest BCUT2D eigenvalue weighted by atomic mass is 32.2. The van der Waals surface area contributed by atoms with Crippen molar-refractivity contribution in [1.29, 1.82) is 0 Å². The zero-order chi connectivity index (χ0) is 40.5. The lowest BCUT2D eigenvalue weighted by Crippen LogP contribution is -2.33. The van der Waals surface area contributed by atoms with E-state index in [4.69, 9.17) is 9.73 Å². The van der Waals surface area contributed by atoms with Crippen molar-refractivity contribution < 1.29 is 53.8 Å². The fourth-order valence-electron chi connectivity index (χ4n) is 6.93. The van der Waals surface area contributed by atoms with E-state index >= 15 is 0 Å². The van der Waals surface area contributed by atoms with E-state index in [2.05, 4.69) is 17.2 Å². The molecule has 3 aromatic carbocycles. The fourth-order valence-corrected chi connectivity index (χ4v) is 8.75. The number of rotatable bonds is 11. The molecule has 0 saturated carbocycles. The van der Waals surface area contributed by atoms with Crippen LogP contribution in [-0.4, -0.2) is 86.2 Å². The van der Waals surface area contributed by atoms with Gasteiger partial charge in [0.15, 0.2) is 9.84 Å². The molecule has 0 aromatic heterocycles. The van der Waals surface area contributed by atoms with E-state index in [9.17, 15) is 49.1 Å². The first-order valence-corrected chi connectivity index (χ1v) is 21.6. The molecule has 0 radical (unpaired) electrons. The number of carbonyl (C=O) groups excluding carboxylic acids is 1. The minimum absolute atomic E-state index is 0.0850. The minimum atomic E-state index is -4.53. The summed E-state index contributed by atoms with van der Waals surface area (Å²) in [6.45, 7) is 10.1. The number of hydrogen-bond donors (Lipinski definition) is 5. The number of nitrogens with zero attached hydrogens (tertiary/aromatic N) is 1. The van der Waals surface area contributed by atoms with Crippen molar-refractivity contribution in [2.24, 2.45) is 4.99 Å². The number of hydrogen-bond acceptors (Lipinski definition) is 11. The van der Waals surface area contributed by atoms with Crippen LogP contribution in [0.25, 0.3) is 16.7 Å². The Bertz CT molecular complexity index is 2770. The predicted octanol–water partition coefficient (Wildman–Crippen LogP) is 3.18. The summed E-state index contributed by atoms with van der Waals surface area (Å²) in [5.74, 6) is -3.65. The number of sulfone groups is 1. The summed E-state index contributed by atoms with van der Waals surface area (Å²) in [7, 11) is -12.7. The van der Waals surface area contributed by atoms with Crippen molar-refractivity contribution in [3.05, 3.63) is 111 Å². The van der Waals surface area contributed by atoms with Crippen LogP contribution in [-0.2, 0) is 30.1 Å². The number of amides is 1. The number of carboxylic acid groups (broad SMARTS) is 1. The Morgan fingerprint density at radius 2 is 1.51 bits per heavy atom. The zero-order valence-corrected chi connectivity index (χ0v) is 32.4. The summed E-state index contributed by atoms with van der Waals surface area (Å²) >= 11 is 0. The molecule has 3 aromatic rings. The van der Waals surface area contributed by atoms with Gasteiger partial charge in [0.05, 0.1) is 27.8 Å². The van der Waals surface area contributed by atoms with Crippen molar-refractivity contribution in [2.45, 2.75) is 38.8 Å². The van der Waals surface area contributed by atoms with Gasteiger partial charge >= 0.3 is 5.97 Å². The Morgan fingerprint density at radius 3 is 2.13 bits per heavy atom. The van der Waals surface area contributed by atoms with Gasteiger partial charge in [-0.25, -0.2) is 13.2 Å². The van der Waals surface area contributed by atoms with Gasteiger partial charge in [0.1, 0.15) is 23.0 Å². The van der Waals surface area contributed by atoms with Gasteiger partial charge in [-0.05, 0) is 68.7 Å². The molecule has 290 valence electrons. The molecule has 6 rings (SSSR count). The van der Waals surface area contributed by atoms with Gasteiger partial charge < -0.3 is 20.5 Å². The standard InChI is InChI=1S/C37H37N3O12S3/c1-6-53(44,45)10-9-38-34(41)20-7-8-23(26(11-20)35(42)43)33-27-12-24-21(18-54(46,47)48)16-36(2,3)39-29(24)14-31(27)52-32-15-30-25(13-28(32)33)22(19-55(49,50)51)17-37(4,5)40-30/h6-8,11-17,39H,1,9-10,18-19H2,2-5H3,(H,38,41)(H,42,43)(H,46,47,48)(H,49,50,51). The van der Waals surface area contributed by atoms with Gasteiger partial charge in [-0.15, -0.1) is 0 Å². The molecule has 0 spiro atoms. The SMILES string of the molecule is C=CS(=O)(=O)CCNC(=O)c1ccc(C2=c3cc4c(cc3Oc3cc5c(cc32)C(CS(=O)(=O)O)=CC(C)(C)N5)=NC(C)(C)C=C4CS(=O)(=O)O)c(C(=O)O)c1. The van der Waals surface area contributed by atoms with Gasteiger partial charge in [-0.1, -0.05) is 24.8 Å². The third-order valence-electron chi connectivity index (χ3n) is 8.98. The molecule has 55 heavy (non-hydrogen) atoms. The fraction of sp³-hybridized carbons (Fsp3) is 0.270. The lowest BCUT2D eigenvalue weighted by Gasteiger charge is -2.34. The summed E-state index contributed by atoms with van der Waals surface area (Å²) in [5.41, 5.74) is 0.157. The molecule has 0 unspecified atom stereocenters. The number of aromatic carboxylic acids is 1. The monoisotopic (exact) mass is 811 g/mol. The maximum Gasteiger partial charge on any atom is 0.336 e. The molecule has 0 aliphatic carbocycles. The van der Waals surface area contributed by atoms with Crippen molar-refractivity contribution >= 4 is 64.4 Å². The first kappa shape index (κ1) is 39.6. The largest absolute Gasteiger partial charge is 0.478 e. The number of anilines is 1. The molecule has 5 N–H and O–H groups in total. The average molecular weight is 812 g/mol. The van der Waals surface area contributed by atoms with Crippen LogP contribution in [0.1, 0.15) is 70.7 Å². The molecular formula is C37H37N3O12S3. The van der Waals surface area contributed by atoms with Gasteiger partial charge in [-0.2, -0.15) is 16.8 Å². The molecule has 3 heterocycles. The van der Waals surface area contributed by atoms with E-state index in [0.717, 1.165) is 11.5 Å². The summed E-state index contributed by atoms with van der Waals surface area (Å²) in [5, 5.41) is 17.7. The van der Waals surface area contributed by atoms with E-state index < -0.39 is 70.3 Å². The van der Waals surface area contributed by atoms with Crippen LogP contribution in [0.5, 0.6) is 11.5 Å². The third-order valence-corrected chi connectivity index (χ3v) is 11.6. The average Bonchev–Trinajstić information content (AvgIpc) is 3.03. The first-order chi connectivity index (χ1) is 25.3. The van der Waals surface area contributed by atoms with E-state index in [-0.39, 0.29) is 62.2 Å². The Kier molecular flexibility index (Phi) is 9.75. The topological polar surface area (TPSA) is 243 Å². The van der Waals surface area contributed by atoms with Gasteiger partial charge in [0.2, 0.25) is 0 Å². The molecular weight excluding hydrogens is 775 g/mol. The first-order valence-electron chi connectivity index (χ1n) is 16.6. The number of nitrogens with one attached hydrogen (secondary N) is 2. The molecule has 15 nitrogen and oxygen atoms in total. The number of ether oxygens (including phenoxy) is 1. The van der Waals surface area contributed by atoms with E-state index in [1.54, 1.807) is 64.1 Å². The van der Waals surface area contributed by atoms with Gasteiger partial charge in [-0.3, -0.25) is 18.9 Å². The van der Waals surface area contributed by atoms with Gasteiger partial charge in [0, 0.05) is 62.8 Å². The third kappa shape index (κ3) is 8.57. The Morgan fingerprint density at radius 1 is 0.855 bits per heavy atom. The molecule has 0 atom stereocenters. The number of carbonyl (C=O) groups is 2. The highest BCUT2D eigenvalue weighted by Gasteiger charge is 2.33. The highest BCUT2D eigenvalue weighted by Crippen LogP contribution is 2.45. The summed E-state index contributed by atoms with van der Waals surface area (Å²) in [6, 6.07) is 10.2. The number of carboxylic acids is 1. The second-order valence-electron chi connectivity index (χ2n) is 14.5. The van der Waals surface area contributed by atoms with Crippen LogP contribution in [0.15, 0.2) is 71.6 Å². The second kappa shape index (κ2) is 13.6. The Balaban J connectivity index is 1.65. The summed E-state index contributed by atoms with van der Waals surface area (Å²) in [4.78, 5) is 30.8. The Labute approximate surface area is 317 Å². The number of benzene rings is 3. The van der Waals surface area contributed by atoms with Crippen LogP contribution in [0, 0.1) is 0 Å². The lowest BCUT2D eigenvalue weighted by atomic mass is 9.84. The van der Waals surface area contributed by atoms with Crippen LogP contribution in [0.3, 0.4) is 0 Å². The molecule has 3 aliphatic rings. The van der Waals surface area contributed by atoms with Crippen molar-refractivity contribution in [3.8, 4) is 11.5 Å². The molecule has 18 heteroatoms. The van der Waals surface area contributed by atoms with Crippen LogP contribution >= 0.6 is 0 Å². The van der Waals surface area contributed by atoms with Crippen molar-refractivity contribution in [1.82, 2.24) is 5.32 Å². The highest BCUT2D eigenvalue weighted by molar-refractivity contribution is 7.94. The summed E-state index contributed by atoms with van der Waals surface area (Å²) in [6.07, 6.45) is 3.24. The lowest BCUT2D eigenvalue weighted by molar-refractivity contribution is 0.0696. The maximum atomic E-state index is 13.1. The van der Waals surface area contributed by atoms with E-state index in [1.165, 1.54) is 12.1 Å². The molecule has 1 amide bonds. The normalized spacial score (nSPS) is 16.7. The second-order valence-corrected chi connectivity index (χ2v) is 19.5. The molecule has 0 bridgehead atoms. The van der Waals surface area contributed by atoms with Crippen LogP contribution < -0.4 is 25.9 Å². The molecule has 0 saturated heterocycles. The molecule has 0 fully saturated rings. The maximum absolute atomic E-state index is 13.1. The van der Waals surface area contributed by atoms with Crippen molar-refractivity contribution in [3.63, 3.8) is 0 Å². The van der Waals surface area contributed by atoms with Crippen molar-refractivity contribution in [2.75, 3.05) is 29.1 Å². The minimum Gasteiger partial charge on any atom is -0.478 e. The number of fused-ring (bicyclic) bond motifs is 4.